The van der Waals surface area contributed by atoms with Crippen LogP contribution in [0.4, 0.5) is 0 Å². The van der Waals surface area contributed by atoms with Crippen molar-refractivity contribution in [3.05, 3.63) is 24.1 Å². The molecule has 0 spiro atoms. The van der Waals surface area contributed by atoms with E-state index in [0.29, 0.717) is 0 Å². The molecule has 1 aromatic rings. The monoisotopic (exact) mass is 199 g/mol. The predicted molar refractivity (Wildman–Crippen MR) is 58.1 cm³/mol. The van der Waals surface area contributed by atoms with E-state index in [4.69, 9.17) is 4.42 Å². The lowest BCUT2D eigenvalue weighted by molar-refractivity contribution is 0.431. The lowest BCUT2D eigenvalue weighted by Gasteiger charge is -1.93. The quantitative estimate of drug-likeness (QED) is 0.548. The molecule has 0 N–H and O–H groups in total. The molecule has 3 heteroatoms. The van der Waals surface area contributed by atoms with E-state index < -0.39 is 0 Å². The van der Waals surface area contributed by atoms with E-state index in [1.807, 2.05) is 27.7 Å². The Morgan fingerprint density at radius 1 is 1.62 bits per heavy atom. The van der Waals surface area contributed by atoms with Crippen LogP contribution in [0.2, 0.25) is 0 Å². The van der Waals surface area contributed by atoms with Crippen LogP contribution in [0, 0.1) is 6.92 Å². The summed E-state index contributed by atoms with van der Waals surface area (Å²) in [5.74, 6) is 1.73. The number of aryl methyl sites for hydroxylation is 1. The van der Waals surface area contributed by atoms with Gasteiger partial charge in [-0.2, -0.15) is 0 Å². The highest BCUT2D eigenvalue weighted by Gasteiger charge is 1.99. The molecule has 13 heavy (non-hydrogen) atoms. The number of hydrogen-bond acceptors (Lipinski definition) is 3. The number of aromatic nitrogens is 1. The topological polar surface area (TPSA) is 26.0 Å². The molecule has 0 saturated heterocycles. The molecule has 1 rings (SSSR count). The Kier molecular flexibility index (Phi) is 6.41. The molecule has 0 bridgehead atoms. The number of thioether (sulfide) groups is 1. The zero-order chi connectivity index (χ0) is 10.3. The Hall–Kier alpha value is -0.700. The van der Waals surface area contributed by atoms with Crippen molar-refractivity contribution >= 4 is 11.8 Å². The predicted octanol–water partition coefficient (Wildman–Crippen LogP) is 3.68. The molecule has 74 valence electrons. The molecule has 1 heterocycles. The van der Waals surface area contributed by atoms with Crippen LogP contribution in [-0.2, 0) is 0 Å². The molecule has 0 radical (unpaired) electrons. The van der Waals surface area contributed by atoms with Gasteiger partial charge in [-0.05, 0) is 13.8 Å². The van der Waals surface area contributed by atoms with E-state index in [0.717, 1.165) is 22.3 Å². The summed E-state index contributed by atoms with van der Waals surface area (Å²) < 4.78 is 5.24. The van der Waals surface area contributed by atoms with Crippen molar-refractivity contribution in [3.8, 4) is 0 Å². The van der Waals surface area contributed by atoms with Crippen LogP contribution in [0.3, 0.4) is 0 Å². The molecule has 0 aliphatic rings. The van der Waals surface area contributed by atoms with Gasteiger partial charge in [0, 0.05) is 5.75 Å². The van der Waals surface area contributed by atoms with Crippen molar-refractivity contribution in [1.29, 1.82) is 0 Å². The maximum absolute atomic E-state index is 5.24. The molecule has 0 amide bonds. The fourth-order valence-corrected chi connectivity index (χ4v) is 1.27. The van der Waals surface area contributed by atoms with Gasteiger partial charge in [-0.1, -0.05) is 37.8 Å². The van der Waals surface area contributed by atoms with Crippen LogP contribution in [0.25, 0.3) is 0 Å². The van der Waals surface area contributed by atoms with Gasteiger partial charge in [0.1, 0.15) is 5.76 Å². The average molecular weight is 199 g/mol. The van der Waals surface area contributed by atoms with Crippen LogP contribution in [0.1, 0.15) is 26.5 Å². The molecule has 0 aliphatic heterocycles. The molecule has 0 saturated carbocycles. The van der Waals surface area contributed by atoms with Gasteiger partial charge in [0.05, 0.1) is 6.20 Å². The zero-order valence-corrected chi connectivity index (χ0v) is 9.57. The van der Waals surface area contributed by atoms with Gasteiger partial charge in [-0.25, -0.2) is 4.98 Å². The number of rotatable bonds is 3. The maximum atomic E-state index is 5.24. The fourth-order valence-electron chi connectivity index (χ4n) is 0.586. The molecule has 0 unspecified atom stereocenters. The third kappa shape index (κ3) is 5.53. The molecule has 0 aromatic carbocycles. The van der Waals surface area contributed by atoms with Crippen molar-refractivity contribution in [3.63, 3.8) is 0 Å². The first-order valence-electron chi connectivity index (χ1n) is 4.38. The number of nitrogens with zero attached hydrogens (tertiary/aromatic N) is 1. The Morgan fingerprint density at radius 3 is 2.62 bits per heavy atom. The van der Waals surface area contributed by atoms with Crippen molar-refractivity contribution < 1.29 is 4.42 Å². The van der Waals surface area contributed by atoms with Gasteiger partial charge in [-0.15, -0.1) is 0 Å². The van der Waals surface area contributed by atoms with E-state index in [2.05, 4.69) is 11.6 Å². The SMILES string of the molecule is C=C(C)CSc1ncc(C)o1.CC. The van der Waals surface area contributed by atoms with E-state index in [1.165, 1.54) is 0 Å². The smallest absolute Gasteiger partial charge is 0.256 e. The molecular formula is C10H17NOS. The fraction of sp³-hybridized carbons (Fsp3) is 0.500. The summed E-state index contributed by atoms with van der Waals surface area (Å²) in [5, 5.41) is 0.727. The molecule has 1 aromatic heterocycles. The van der Waals surface area contributed by atoms with Crippen LogP contribution in [-0.4, -0.2) is 10.7 Å². The summed E-state index contributed by atoms with van der Waals surface area (Å²) in [6, 6.07) is 0. The minimum absolute atomic E-state index is 0.727. The van der Waals surface area contributed by atoms with Crippen molar-refractivity contribution in [2.45, 2.75) is 32.9 Å². The second kappa shape index (κ2) is 6.78. The number of oxazole rings is 1. The van der Waals surface area contributed by atoms with Gasteiger partial charge in [-0.3, -0.25) is 0 Å². The van der Waals surface area contributed by atoms with E-state index in [-0.39, 0.29) is 0 Å². The highest BCUT2D eigenvalue weighted by atomic mass is 32.2. The first-order valence-corrected chi connectivity index (χ1v) is 5.36. The van der Waals surface area contributed by atoms with Crippen LogP contribution in [0.5, 0.6) is 0 Å². The molecular weight excluding hydrogens is 182 g/mol. The maximum Gasteiger partial charge on any atom is 0.256 e. The highest BCUT2D eigenvalue weighted by molar-refractivity contribution is 7.99. The third-order valence-corrected chi connectivity index (χ3v) is 2.11. The van der Waals surface area contributed by atoms with Crippen molar-refractivity contribution in [2.24, 2.45) is 0 Å². The minimum Gasteiger partial charge on any atom is -0.437 e. The highest BCUT2D eigenvalue weighted by Crippen LogP contribution is 2.18. The summed E-state index contributed by atoms with van der Waals surface area (Å²) in [7, 11) is 0. The lowest BCUT2D eigenvalue weighted by Crippen LogP contribution is -1.77. The first-order chi connectivity index (χ1) is 6.18. The first kappa shape index (κ1) is 12.3. The minimum atomic E-state index is 0.727. The summed E-state index contributed by atoms with van der Waals surface area (Å²) in [6.45, 7) is 11.7. The third-order valence-electron chi connectivity index (χ3n) is 1.04. The van der Waals surface area contributed by atoms with Gasteiger partial charge >= 0.3 is 0 Å². The Bertz CT molecular complexity index is 255. The molecule has 0 atom stereocenters. The second-order valence-electron chi connectivity index (χ2n) is 2.48. The standard InChI is InChI=1S/C8H11NOS.C2H6/c1-6(2)5-11-8-9-4-7(3)10-8;1-2/h4H,1,5H2,2-3H3;1-2H3. The normalized spacial score (nSPS) is 8.92. The van der Waals surface area contributed by atoms with Crippen LogP contribution >= 0.6 is 11.8 Å². The summed E-state index contributed by atoms with van der Waals surface area (Å²) in [6.07, 6.45) is 1.72. The summed E-state index contributed by atoms with van der Waals surface area (Å²) >= 11 is 1.57. The van der Waals surface area contributed by atoms with Crippen LogP contribution < -0.4 is 0 Å². The van der Waals surface area contributed by atoms with Gasteiger partial charge in [0.15, 0.2) is 0 Å². The van der Waals surface area contributed by atoms with Gasteiger partial charge in [0.25, 0.3) is 5.22 Å². The largest absolute Gasteiger partial charge is 0.437 e. The summed E-state index contributed by atoms with van der Waals surface area (Å²) in [4.78, 5) is 4.04. The molecule has 0 fully saturated rings. The van der Waals surface area contributed by atoms with E-state index in [9.17, 15) is 0 Å². The van der Waals surface area contributed by atoms with Gasteiger partial charge < -0.3 is 4.42 Å². The van der Waals surface area contributed by atoms with E-state index in [1.54, 1.807) is 18.0 Å². The average Bonchev–Trinajstić information content (AvgIpc) is 2.52. The number of hydrogen-bond donors (Lipinski definition) is 0. The second-order valence-corrected chi connectivity index (χ2v) is 3.41. The Morgan fingerprint density at radius 2 is 2.23 bits per heavy atom. The van der Waals surface area contributed by atoms with Crippen LogP contribution in [0.15, 0.2) is 28.0 Å². The van der Waals surface area contributed by atoms with Crippen molar-refractivity contribution in [1.82, 2.24) is 4.98 Å². The van der Waals surface area contributed by atoms with Gasteiger partial charge in [0.2, 0.25) is 0 Å². The van der Waals surface area contributed by atoms with E-state index >= 15 is 0 Å². The summed E-state index contributed by atoms with van der Waals surface area (Å²) in [5.41, 5.74) is 1.13. The Labute approximate surface area is 84.4 Å². The lowest BCUT2D eigenvalue weighted by atomic mass is 10.4. The molecule has 2 nitrogen and oxygen atoms in total. The zero-order valence-electron chi connectivity index (χ0n) is 8.76. The van der Waals surface area contributed by atoms with Crippen molar-refractivity contribution in [2.75, 3.05) is 5.75 Å². The molecule has 0 aliphatic carbocycles. The Balaban J connectivity index is 0.000000671.